The van der Waals surface area contributed by atoms with E-state index in [1.807, 2.05) is 36.4 Å². The Morgan fingerprint density at radius 3 is 2.58 bits per heavy atom. The van der Waals surface area contributed by atoms with Gasteiger partial charge in [-0.3, -0.25) is 5.43 Å². The number of nitrogens with zero attached hydrogens (tertiary/aromatic N) is 1. The predicted molar refractivity (Wildman–Crippen MR) is 107 cm³/mol. The van der Waals surface area contributed by atoms with Gasteiger partial charge in [-0.25, -0.2) is 0 Å². The van der Waals surface area contributed by atoms with Crippen molar-refractivity contribution in [1.82, 2.24) is 5.43 Å². The van der Waals surface area contributed by atoms with Gasteiger partial charge in [0.15, 0.2) is 5.11 Å². The molecule has 0 fully saturated rings. The molecule has 3 aromatic carbocycles. The van der Waals surface area contributed by atoms with Crippen molar-refractivity contribution in [3.63, 3.8) is 0 Å². The third-order valence-corrected chi connectivity index (χ3v) is 4.24. The van der Waals surface area contributed by atoms with Crippen LogP contribution in [0.15, 0.2) is 65.8 Å². The van der Waals surface area contributed by atoms with E-state index in [0.29, 0.717) is 5.11 Å². The first-order chi connectivity index (χ1) is 11.6. The third-order valence-electron chi connectivity index (χ3n) is 4.05. The number of fused-ring (bicyclic) bond motifs is 1. The Labute approximate surface area is 147 Å². The second-order valence-electron chi connectivity index (χ2n) is 5.64. The Balaban J connectivity index is 1.69. The molecular formula is C20H19N3S. The zero-order valence-electron chi connectivity index (χ0n) is 13.7. The molecule has 24 heavy (non-hydrogen) atoms. The van der Waals surface area contributed by atoms with Gasteiger partial charge in [0.05, 0.1) is 6.21 Å². The van der Waals surface area contributed by atoms with E-state index in [9.17, 15) is 0 Å². The molecule has 0 spiro atoms. The van der Waals surface area contributed by atoms with Crippen LogP contribution in [0, 0.1) is 13.8 Å². The van der Waals surface area contributed by atoms with Crippen molar-refractivity contribution in [2.45, 2.75) is 13.8 Å². The molecule has 2 N–H and O–H groups in total. The summed E-state index contributed by atoms with van der Waals surface area (Å²) in [4.78, 5) is 0. The van der Waals surface area contributed by atoms with E-state index in [1.54, 1.807) is 6.21 Å². The van der Waals surface area contributed by atoms with Crippen molar-refractivity contribution in [2.24, 2.45) is 5.10 Å². The monoisotopic (exact) mass is 333 g/mol. The number of hydrogen-bond acceptors (Lipinski definition) is 2. The highest BCUT2D eigenvalue weighted by molar-refractivity contribution is 7.80. The van der Waals surface area contributed by atoms with E-state index in [-0.39, 0.29) is 0 Å². The number of hydrogen-bond donors (Lipinski definition) is 2. The standard InChI is InChI=1S/C20H19N3S/c1-14-7-5-12-19(15(14)2)22-20(24)23-21-13-17-10-6-9-16-8-3-4-11-18(16)17/h3-13H,1-2H3,(H2,22,23,24)/b21-13+. The molecule has 3 rings (SSSR count). The van der Waals surface area contributed by atoms with Gasteiger partial charge in [-0.2, -0.15) is 5.10 Å². The Kier molecular flexibility index (Phi) is 4.87. The maximum absolute atomic E-state index is 5.31. The van der Waals surface area contributed by atoms with Gasteiger partial charge >= 0.3 is 0 Å². The van der Waals surface area contributed by atoms with Gasteiger partial charge < -0.3 is 5.32 Å². The van der Waals surface area contributed by atoms with Crippen LogP contribution in [0.3, 0.4) is 0 Å². The van der Waals surface area contributed by atoms with E-state index < -0.39 is 0 Å². The fraction of sp³-hybridized carbons (Fsp3) is 0.100. The lowest BCUT2D eigenvalue weighted by atomic mass is 10.1. The molecule has 4 heteroatoms. The highest BCUT2D eigenvalue weighted by Crippen LogP contribution is 2.18. The molecule has 0 aliphatic rings. The predicted octanol–water partition coefficient (Wildman–Crippen LogP) is 4.78. The molecule has 0 amide bonds. The van der Waals surface area contributed by atoms with Crippen molar-refractivity contribution in [1.29, 1.82) is 0 Å². The number of rotatable bonds is 3. The van der Waals surface area contributed by atoms with Crippen LogP contribution in [-0.4, -0.2) is 11.3 Å². The number of aryl methyl sites for hydroxylation is 1. The van der Waals surface area contributed by atoms with Gasteiger partial charge in [0.1, 0.15) is 0 Å². The van der Waals surface area contributed by atoms with E-state index in [2.05, 4.69) is 54.0 Å². The van der Waals surface area contributed by atoms with Crippen LogP contribution in [0.25, 0.3) is 10.8 Å². The van der Waals surface area contributed by atoms with Gasteiger partial charge in [0.25, 0.3) is 0 Å². The Morgan fingerprint density at radius 2 is 1.71 bits per heavy atom. The van der Waals surface area contributed by atoms with E-state index in [1.165, 1.54) is 21.9 Å². The molecular weight excluding hydrogens is 314 g/mol. The van der Waals surface area contributed by atoms with Crippen LogP contribution >= 0.6 is 12.2 Å². The van der Waals surface area contributed by atoms with E-state index >= 15 is 0 Å². The van der Waals surface area contributed by atoms with Crippen molar-refractivity contribution >= 4 is 40.0 Å². The highest BCUT2D eigenvalue weighted by Gasteiger charge is 2.02. The summed E-state index contributed by atoms with van der Waals surface area (Å²) in [7, 11) is 0. The fourth-order valence-corrected chi connectivity index (χ4v) is 2.72. The van der Waals surface area contributed by atoms with Gasteiger partial charge in [0, 0.05) is 11.3 Å². The molecule has 0 bridgehead atoms. The molecule has 0 aromatic heterocycles. The Bertz CT molecular complexity index is 910. The number of hydrazone groups is 1. The summed E-state index contributed by atoms with van der Waals surface area (Å²) in [5, 5.41) is 10.3. The molecule has 0 saturated carbocycles. The quantitative estimate of drug-likeness (QED) is 0.411. The topological polar surface area (TPSA) is 36.4 Å². The van der Waals surface area contributed by atoms with Crippen LogP contribution in [0.4, 0.5) is 5.69 Å². The van der Waals surface area contributed by atoms with Crippen molar-refractivity contribution in [3.8, 4) is 0 Å². The molecule has 0 unspecified atom stereocenters. The second-order valence-corrected chi connectivity index (χ2v) is 6.05. The summed E-state index contributed by atoms with van der Waals surface area (Å²) in [5.74, 6) is 0. The van der Waals surface area contributed by atoms with Crippen LogP contribution in [-0.2, 0) is 0 Å². The van der Waals surface area contributed by atoms with Crippen molar-refractivity contribution in [3.05, 3.63) is 77.4 Å². The first kappa shape index (κ1) is 16.1. The number of anilines is 1. The normalized spacial score (nSPS) is 10.9. The molecule has 0 saturated heterocycles. The zero-order valence-corrected chi connectivity index (χ0v) is 14.5. The minimum atomic E-state index is 0.472. The molecule has 0 aliphatic carbocycles. The maximum Gasteiger partial charge on any atom is 0.191 e. The zero-order chi connectivity index (χ0) is 16.9. The number of thiocarbonyl (C=S) groups is 1. The Morgan fingerprint density at radius 1 is 0.958 bits per heavy atom. The lowest BCUT2D eigenvalue weighted by molar-refractivity contribution is 1.05. The second kappa shape index (κ2) is 7.23. The minimum Gasteiger partial charge on any atom is -0.331 e. The summed E-state index contributed by atoms with van der Waals surface area (Å²) in [6.07, 6.45) is 1.79. The first-order valence-corrected chi connectivity index (χ1v) is 8.20. The molecule has 0 radical (unpaired) electrons. The SMILES string of the molecule is Cc1cccc(NC(=S)N/N=C/c2cccc3ccccc23)c1C. The molecule has 3 nitrogen and oxygen atoms in total. The van der Waals surface area contributed by atoms with Crippen LogP contribution in [0.1, 0.15) is 16.7 Å². The summed E-state index contributed by atoms with van der Waals surface area (Å²) >= 11 is 5.31. The molecule has 0 heterocycles. The molecule has 120 valence electrons. The van der Waals surface area contributed by atoms with Crippen molar-refractivity contribution < 1.29 is 0 Å². The van der Waals surface area contributed by atoms with E-state index in [0.717, 1.165) is 11.3 Å². The largest absolute Gasteiger partial charge is 0.331 e. The first-order valence-electron chi connectivity index (χ1n) is 7.79. The van der Waals surface area contributed by atoms with Gasteiger partial charge in [0.2, 0.25) is 0 Å². The average molecular weight is 333 g/mol. The van der Waals surface area contributed by atoms with Gasteiger partial charge in [-0.1, -0.05) is 54.6 Å². The van der Waals surface area contributed by atoms with Crippen LogP contribution in [0.2, 0.25) is 0 Å². The summed E-state index contributed by atoms with van der Waals surface area (Å²) < 4.78 is 0. The van der Waals surface area contributed by atoms with Crippen molar-refractivity contribution in [2.75, 3.05) is 5.32 Å². The third kappa shape index (κ3) is 3.60. The van der Waals surface area contributed by atoms with Gasteiger partial charge in [-0.05, 0) is 54.0 Å². The lowest BCUT2D eigenvalue weighted by Gasteiger charge is -2.11. The van der Waals surface area contributed by atoms with Crippen LogP contribution < -0.4 is 10.7 Å². The summed E-state index contributed by atoms with van der Waals surface area (Å²) in [6, 6.07) is 20.5. The fourth-order valence-electron chi connectivity index (χ4n) is 2.56. The molecule has 0 atom stereocenters. The van der Waals surface area contributed by atoms with E-state index in [4.69, 9.17) is 12.2 Å². The number of benzene rings is 3. The highest BCUT2D eigenvalue weighted by atomic mass is 32.1. The molecule has 0 aliphatic heterocycles. The maximum atomic E-state index is 5.31. The van der Waals surface area contributed by atoms with Gasteiger partial charge in [-0.15, -0.1) is 0 Å². The minimum absolute atomic E-state index is 0.472. The average Bonchev–Trinajstić information content (AvgIpc) is 2.59. The van der Waals surface area contributed by atoms with Crippen LogP contribution in [0.5, 0.6) is 0 Å². The smallest absolute Gasteiger partial charge is 0.191 e. The summed E-state index contributed by atoms with van der Waals surface area (Å²) in [5.41, 5.74) is 7.33. The molecule has 3 aromatic rings. The lowest BCUT2D eigenvalue weighted by Crippen LogP contribution is -2.24. The number of nitrogens with one attached hydrogen (secondary N) is 2. The summed E-state index contributed by atoms with van der Waals surface area (Å²) in [6.45, 7) is 4.15. The Hall–Kier alpha value is -2.72.